The Morgan fingerprint density at radius 2 is 1.92 bits per heavy atom. The van der Waals surface area contributed by atoms with Crippen LogP contribution in [0.4, 0.5) is 0 Å². The van der Waals surface area contributed by atoms with E-state index in [0.29, 0.717) is 12.6 Å². The van der Waals surface area contributed by atoms with E-state index >= 15 is 0 Å². The van der Waals surface area contributed by atoms with E-state index in [-0.39, 0.29) is 11.9 Å². The van der Waals surface area contributed by atoms with Gasteiger partial charge in [-0.2, -0.15) is 0 Å². The molecule has 24 heavy (non-hydrogen) atoms. The largest absolute Gasteiger partial charge is 0.490 e. The van der Waals surface area contributed by atoms with Gasteiger partial charge in [-0.1, -0.05) is 25.5 Å². The van der Waals surface area contributed by atoms with Crippen molar-refractivity contribution in [3.05, 3.63) is 42.0 Å². The first-order chi connectivity index (χ1) is 11.5. The molecule has 0 N–H and O–H groups in total. The van der Waals surface area contributed by atoms with Crippen LogP contribution in [0.5, 0.6) is 5.75 Å². The van der Waals surface area contributed by atoms with Crippen molar-refractivity contribution in [2.24, 2.45) is 0 Å². The molecule has 1 aliphatic carbocycles. The van der Waals surface area contributed by atoms with Crippen molar-refractivity contribution in [1.29, 1.82) is 0 Å². The second-order valence-electron chi connectivity index (χ2n) is 6.88. The fraction of sp³-hybridized carbons (Fsp3) is 0.550. The molecule has 1 saturated carbocycles. The maximum absolute atomic E-state index is 13.0. The van der Waals surface area contributed by atoms with E-state index in [2.05, 4.69) is 25.6 Å². The van der Waals surface area contributed by atoms with Gasteiger partial charge in [0.2, 0.25) is 0 Å². The molecule has 132 valence electrons. The molecule has 0 aromatic heterocycles. The van der Waals surface area contributed by atoms with Gasteiger partial charge in [0.25, 0.3) is 5.91 Å². The molecule has 4 nitrogen and oxygen atoms in total. The van der Waals surface area contributed by atoms with Gasteiger partial charge in [-0.15, -0.1) is 0 Å². The minimum atomic E-state index is 0.0986. The maximum atomic E-state index is 13.0. The molecule has 2 atom stereocenters. The highest BCUT2D eigenvalue weighted by Crippen LogP contribution is 2.27. The molecule has 1 amide bonds. The summed E-state index contributed by atoms with van der Waals surface area (Å²) in [5.41, 5.74) is 1.71. The second kappa shape index (κ2) is 8.34. The molecule has 0 aliphatic heterocycles. The predicted octanol–water partition coefficient (Wildman–Crippen LogP) is 3.50. The molecular weight excluding hydrogens is 300 g/mol. The summed E-state index contributed by atoms with van der Waals surface area (Å²) in [5, 5.41) is 0. The van der Waals surface area contributed by atoms with Crippen LogP contribution in [0.15, 0.2) is 30.9 Å². The number of rotatable bonds is 6. The van der Waals surface area contributed by atoms with Gasteiger partial charge < -0.3 is 14.5 Å². The van der Waals surface area contributed by atoms with Crippen LogP contribution in [0.2, 0.25) is 0 Å². The Bertz CT molecular complexity index is 583. The van der Waals surface area contributed by atoms with Gasteiger partial charge in [-0.05, 0) is 57.6 Å². The van der Waals surface area contributed by atoms with Crippen molar-refractivity contribution in [1.82, 2.24) is 9.80 Å². The van der Waals surface area contributed by atoms with Crippen LogP contribution >= 0.6 is 0 Å². The van der Waals surface area contributed by atoms with E-state index in [1.807, 2.05) is 37.1 Å². The Balaban J connectivity index is 2.16. The SMILES string of the molecule is C=CCOc1ccc(C(=O)N(C)C2CCCCC2N(C)C)c(C)c1. The second-order valence-corrected chi connectivity index (χ2v) is 6.88. The molecular formula is C20H30N2O2. The normalized spacial score (nSPS) is 20.7. The summed E-state index contributed by atoms with van der Waals surface area (Å²) < 4.78 is 5.55. The number of amides is 1. The molecule has 0 heterocycles. The lowest BCUT2D eigenvalue weighted by molar-refractivity contribution is 0.0544. The van der Waals surface area contributed by atoms with Gasteiger partial charge in [0, 0.05) is 24.7 Å². The van der Waals surface area contributed by atoms with Crippen molar-refractivity contribution in [2.75, 3.05) is 27.7 Å². The van der Waals surface area contributed by atoms with Gasteiger partial charge in [0.1, 0.15) is 12.4 Å². The van der Waals surface area contributed by atoms with E-state index in [4.69, 9.17) is 4.74 Å². The first kappa shape index (κ1) is 18.5. The van der Waals surface area contributed by atoms with E-state index in [0.717, 1.165) is 29.7 Å². The molecule has 1 aromatic rings. The van der Waals surface area contributed by atoms with Crippen LogP contribution in [0, 0.1) is 6.92 Å². The number of likely N-dealkylation sites (N-methyl/N-ethyl adjacent to an activating group) is 2. The topological polar surface area (TPSA) is 32.8 Å². The standard InChI is InChI=1S/C20H30N2O2/c1-6-13-24-16-11-12-17(15(2)14-16)20(23)22(5)19-10-8-7-9-18(19)21(3)4/h6,11-12,14,18-19H,1,7-10,13H2,2-5H3. The fourth-order valence-electron chi connectivity index (χ4n) is 3.61. The molecule has 1 aromatic carbocycles. The van der Waals surface area contributed by atoms with Crippen LogP contribution in [0.25, 0.3) is 0 Å². The van der Waals surface area contributed by atoms with Gasteiger partial charge >= 0.3 is 0 Å². The van der Waals surface area contributed by atoms with Crippen LogP contribution in [-0.4, -0.2) is 55.5 Å². The first-order valence-electron chi connectivity index (χ1n) is 8.73. The van der Waals surface area contributed by atoms with E-state index in [9.17, 15) is 4.79 Å². The third kappa shape index (κ3) is 4.18. The Morgan fingerprint density at radius 1 is 1.25 bits per heavy atom. The van der Waals surface area contributed by atoms with Crippen molar-refractivity contribution in [3.63, 3.8) is 0 Å². The summed E-state index contributed by atoms with van der Waals surface area (Å²) in [6.45, 7) is 6.09. The summed E-state index contributed by atoms with van der Waals surface area (Å²) in [5.74, 6) is 0.872. The van der Waals surface area contributed by atoms with E-state index in [1.165, 1.54) is 12.8 Å². The maximum Gasteiger partial charge on any atom is 0.254 e. The quantitative estimate of drug-likeness (QED) is 0.748. The molecule has 0 radical (unpaired) electrons. The third-order valence-corrected chi connectivity index (χ3v) is 4.97. The molecule has 2 unspecified atom stereocenters. The van der Waals surface area contributed by atoms with Crippen molar-refractivity contribution >= 4 is 5.91 Å². The number of hydrogen-bond acceptors (Lipinski definition) is 3. The van der Waals surface area contributed by atoms with Crippen LogP contribution < -0.4 is 4.74 Å². The smallest absolute Gasteiger partial charge is 0.254 e. The summed E-state index contributed by atoms with van der Waals surface area (Å²) in [6.07, 6.45) is 6.38. The van der Waals surface area contributed by atoms with Crippen molar-refractivity contribution < 1.29 is 9.53 Å². The van der Waals surface area contributed by atoms with Crippen molar-refractivity contribution in [2.45, 2.75) is 44.7 Å². The molecule has 0 saturated heterocycles. The van der Waals surface area contributed by atoms with Crippen LogP contribution in [0.3, 0.4) is 0 Å². The van der Waals surface area contributed by atoms with Crippen molar-refractivity contribution in [3.8, 4) is 5.75 Å². The Kier molecular flexibility index (Phi) is 6.44. The number of carbonyl (C=O) groups is 1. The number of carbonyl (C=O) groups excluding carboxylic acids is 1. The zero-order valence-corrected chi connectivity index (χ0v) is 15.4. The number of hydrogen-bond donors (Lipinski definition) is 0. The van der Waals surface area contributed by atoms with Gasteiger partial charge in [0.15, 0.2) is 0 Å². The highest BCUT2D eigenvalue weighted by atomic mass is 16.5. The Labute approximate surface area is 146 Å². The van der Waals surface area contributed by atoms with E-state index in [1.54, 1.807) is 6.08 Å². The Hall–Kier alpha value is -1.81. The molecule has 0 spiro atoms. The van der Waals surface area contributed by atoms with Crippen LogP contribution in [-0.2, 0) is 0 Å². The zero-order valence-electron chi connectivity index (χ0n) is 15.4. The number of aryl methyl sites for hydroxylation is 1. The summed E-state index contributed by atoms with van der Waals surface area (Å²) >= 11 is 0. The average molecular weight is 330 g/mol. The monoisotopic (exact) mass is 330 g/mol. The Morgan fingerprint density at radius 3 is 2.50 bits per heavy atom. The lowest BCUT2D eigenvalue weighted by Crippen LogP contribution is -2.51. The first-order valence-corrected chi connectivity index (χ1v) is 8.73. The molecule has 2 rings (SSSR count). The summed E-state index contributed by atoms with van der Waals surface area (Å²) in [4.78, 5) is 17.2. The number of benzene rings is 1. The lowest BCUT2D eigenvalue weighted by Gasteiger charge is -2.41. The zero-order chi connectivity index (χ0) is 17.7. The minimum Gasteiger partial charge on any atom is -0.490 e. The number of ether oxygens (including phenoxy) is 1. The minimum absolute atomic E-state index is 0.0986. The third-order valence-electron chi connectivity index (χ3n) is 4.97. The predicted molar refractivity (Wildman–Crippen MR) is 98.7 cm³/mol. The number of nitrogens with zero attached hydrogens (tertiary/aromatic N) is 2. The summed E-state index contributed by atoms with van der Waals surface area (Å²) in [7, 11) is 6.16. The molecule has 1 fully saturated rings. The molecule has 4 heteroatoms. The van der Waals surface area contributed by atoms with Gasteiger partial charge in [-0.3, -0.25) is 4.79 Å². The highest BCUT2D eigenvalue weighted by Gasteiger charge is 2.32. The fourth-order valence-corrected chi connectivity index (χ4v) is 3.61. The average Bonchev–Trinajstić information content (AvgIpc) is 2.58. The molecule has 0 bridgehead atoms. The molecule has 1 aliphatic rings. The summed E-state index contributed by atoms with van der Waals surface area (Å²) in [6, 6.07) is 6.37. The lowest BCUT2D eigenvalue weighted by atomic mass is 9.88. The van der Waals surface area contributed by atoms with Gasteiger partial charge in [-0.25, -0.2) is 0 Å². The highest BCUT2D eigenvalue weighted by molar-refractivity contribution is 5.95. The van der Waals surface area contributed by atoms with Crippen LogP contribution in [0.1, 0.15) is 41.6 Å². The van der Waals surface area contributed by atoms with E-state index < -0.39 is 0 Å². The van der Waals surface area contributed by atoms with Gasteiger partial charge in [0.05, 0.1) is 0 Å².